The lowest BCUT2D eigenvalue weighted by atomic mass is 10.2. The topological polar surface area (TPSA) is 30.0 Å². The first kappa shape index (κ1) is 12.3. The van der Waals surface area contributed by atoms with Crippen LogP contribution in [0.5, 0.6) is 0 Å². The van der Waals surface area contributed by atoms with Crippen LogP contribution in [0.2, 0.25) is 5.02 Å². The highest BCUT2D eigenvalue weighted by Crippen LogP contribution is 2.21. The number of carbonyl (C=O) groups excluding carboxylic acids is 1. The predicted octanol–water partition coefficient (Wildman–Crippen LogP) is 3.90. The summed E-state index contributed by atoms with van der Waals surface area (Å²) in [7, 11) is 0. The third kappa shape index (κ3) is 2.93. The lowest BCUT2D eigenvalue weighted by molar-refractivity contribution is 0.102. The standard InChI is InChI=1S/C13H12ClNOS/c1-8-13(9(2)16)17-12(15-8)7-10-3-5-11(14)6-4-10/h3-6H,7H2,1-2H3. The van der Waals surface area contributed by atoms with Gasteiger partial charge in [-0.2, -0.15) is 0 Å². The van der Waals surface area contributed by atoms with Gasteiger partial charge < -0.3 is 0 Å². The summed E-state index contributed by atoms with van der Waals surface area (Å²) in [6, 6.07) is 7.69. The smallest absolute Gasteiger partial charge is 0.171 e. The molecule has 0 atom stereocenters. The number of rotatable bonds is 3. The second-order valence-corrected chi connectivity index (χ2v) is 5.40. The molecule has 17 heavy (non-hydrogen) atoms. The van der Waals surface area contributed by atoms with Crippen LogP contribution in [0.1, 0.15) is 32.9 Å². The molecule has 0 saturated heterocycles. The van der Waals surface area contributed by atoms with Gasteiger partial charge in [-0.05, 0) is 24.6 Å². The largest absolute Gasteiger partial charge is 0.294 e. The highest BCUT2D eigenvalue weighted by Gasteiger charge is 2.11. The van der Waals surface area contributed by atoms with E-state index in [1.165, 1.54) is 11.3 Å². The van der Waals surface area contributed by atoms with Crippen LogP contribution in [-0.4, -0.2) is 10.8 Å². The van der Waals surface area contributed by atoms with Crippen LogP contribution in [0, 0.1) is 6.92 Å². The molecular weight excluding hydrogens is 254 g/mol. The molecule has 0 bridgehead atoms. The molecule has 1 aromatic heterocycles. The van der Waals surface area contributed by atoms with Crippen molar-refractivity contribution in [3.05, 3.63) is 50.4 Å². The number of benzene rings is 1. The maximum atomic E-state index is 11.3. The van der Waals surface area contributed by atoms with Gasteiger partial charge in [0.1, 0.15) is 0 Å². The Morgan fingerprint density at radius 2 is 2.00 bits per heavy atom. The van der Waals surface area contributed by atoms with Gasteiger partial charge in [0, 0.05) is 18.4 Å². The van der Waals surface area contributed by atoms with Crippen molar-refractivity contribution in [2.75, 3.05) is 0 Å². The van der Waals surface area contributed by atoms with Crippen LogP contribution in [0.3, 0.4) is 0 Å². The molecule has 88 valence electrons. The summed E-state index contributed by atoms with van der Waals surface area (Å²) in [5.74, 6) is 0.0855. The van der Waals surface area contributed by atoms with E-state index in [0.717, 1.165) is 32.6 Å². The molecule has 1 aromatic carbocycles. The molecule has 0 spiro atoms. The summed E-state index contributed by atoms with van der Waals surface area (Å²) in [6.07, 6.45) is 0.746. The maximum absolute atomic E-state index is 11.3. The summed E-state index contributed by atoms with van der Waals surface area (Å²) in [6.45, 7) is 3.45. The number of hydrogen-bond donors (Lipinski definition) is 0. The molecule has 0 aliphatic heterocycles. The molecule has 0 amide bonds. The minimum Gasteiger partial charge on any atom is -0.294 e. The molecule has 0 aliphatic carbocycles. The fourth-order valence-corrected chi connectivity index (χ4v) is 2.75. The average molecular weight is 266 g/mol. The number of nitrogens with zero attached hydrogens (tertiary/aromatic N) is 1. The number of aryl methyl sites for hydroxylation is 1. The SMILES string of the molecule is CC(=O)c1sc(Cc2ccc(Cl)cc2)nc1C. The van der Waals surface area contributed by atoms with Gasteiger partial charge in [0.15, 0.2) is 5.78 Å². The Labute approximate surface area is 109 Å². The Morgan fingerprint density at radius 3 is 2.53 bits per heavy atom. The van der Waals surface area contributed by atoms with Crippen molar-refractivity contribution in [1.82, 2.24) is 4.98 Å². The summed E-state index contributed by atoms with van der Waals surface area (Å²) in [4.78, 5) is 16.5. The third-order valence-electron chi connectivity index (χ3n) is 2.43. The maximum Gasteiger partial charge on any atom is 0.171 e. The van der Waals surface area contributed by atoms with E-state index < -0.39 is 0 Å². The Hall–Kier alpha value is -1.19. The van der Waals surface area contributed by atoms with E-state index in [0.29, 0.717) is 0 Å². The van der Waals surface area contributed by atoms with Gasteiger partial charge in [-0.25, -0.2) is 4.98 Å². The van der Waals surface area contributed by atoms with Crippen LogP contribution in [0.25, 0.3) is 0 Å². The second kappa shape index (κ2) is 4.98. The van der Waals surface area contributed by atoms with Crippen molar-refractivity contribution in [1.29, 1.82) is 0 Å². The molecule has 0 aliphatic rings. The zero-order chi connectivity index (χ0) is 12.4. The number of hydrogen-bond acceptors (Lipinski definition) is 3. The number of ketones is 1. The Balaban J connectivity index is 2.22. The number of Topliss-reactive ketones (excluding diaryl/α,β-unsaturated/α-hetero) is 1. The van der Waals surface area contributed by atoms with E-state index >= 15 is 0 Å². The molecule has 0 saturated carbocycles. The molecular formula is C13H12ClNOS. The lowest BCUT2D eigenvalue weighted by Gasteiger charge is -1.97. The predicted molar refractivity (Wildman–Crippen MR) is 71.1 cm³/mol. The van der Waals surface area contributed by atoms with Crippen LogP contribution < -0.4 is 0 Å². The number of carbonyl (C=O) groups is 1. The first-order chi connectivity index (χ1) is 8.06. The van der Waals surface area contributed by atoms with Gasteiger partial charge in [-0.3, -0.25) is 4.79 Å². The summed E-state index contributed by atoms with van der Waals surface area (Å²) < 4.78 is 0. The first-order valence-electron chi connectivity index (χ1n) is 5.28. The van der Waals surface area contributed by atoms with E-state index in [2.05, 4.69) is 4.98 Å². The molecule has 0 N–H and O–H groups in total. The fraction of sp³-hybridized carbons (Fsp3) is 0.231. The van der Waals surface area contributed by atoms with Gasteiger partial charge in [-0.1, -0.05) is 23.7 Å². The fourth-order valence-electron chi connectivity index (χ4n) is 1.63. The van der Waals surface area contributed by atoms with Crippen LogP contribution >= 0.6 is 22.9 Å². The molecule has 2 nitrogen and oxygen atoms in total. The summed E-state index contributed by atoms with van der Waals surface area (Å²) in [5.41, 5.74) is 1.98. The number of halogens is 1. The second-order valence-electron chi connectivity index (χ2n) is 3.88. The third-order valence-corrected chi connectivity index (χ3v) is 3.94. The highest BCUT2D eigenvalue weighted by atomic mass is 35.5. The van der Waals surface area contributed by atoms with Crippen molar-refractivity contribution >= 4 is 28.7 Å². The van der Waals surface area contributed by atoms with Crippen LogP contribution in [0.4, 0.5) is 0 Å². The minimum atomic E-state index is 0.0855. The van der Waals surface area contributed by atoms with Crippen molar-refractivity contribution in [2.24, 2.45) is 0 Å². The minimum absolute atomic E-state index is 0.0855. The zero-order valence-electron chi connectivity index (χ0n) is 9.66. The lowest BCUT2D eigenvalue weighted by Crippen LogP contribution is -1.89. The van der Waals surface area contributed by atoms with E-state index in [-0.39, 0.29) is 5.78 Å². The van der Waals surface area contributed by atoms with E-state index in [1.54, 1.807) is 6.92 Å². The van der Waals surface area contributed by atoms with Crippen LogP contribution in [-0.2, 0) is 6.42 Å². The Morgan fingerprint density at radius 1 is 1.35 bits per heavy atom. The van der Waals surface area contributed by atoms with E-state index in [4.69, 9.17) is 11.6 Å². The Bertz CT molecular complexity index is 545. The molecule has 0 unspecified atom stereocenters. The average Bonchev–Trinajstić information content (AvgIpc) is 2.63. The molecule has 0 fully saturated rings. The number of aromatic nitrogens is 1. The molecule has 2 rings (SSSR count). The molecule has 4 heteroatoms. The molecule has 0 radical (unpaired) electrons. The van der Waals surface area contributed by atoms with Gasteiger partial charge in [0.2, 0.25) is 0 Å². The molecule has 1 heterocycles. The number of thiazole rings is 1. The zero-order valence-corrected chi connectivity index (χ0v) is 11.2. The normalized spacial score (nSPS) is 10.5. The van der Waals surface area contributed by atoms with E-state index in [9.17, 15) is 4.79 Å². The van der Waals surface area contributed by atoms with Gasteiger partial charge in [0.05, 0.1) is 15.6 Å². The first-order valence-corrected chi connectivity index (χ1v) is 6.47. The monoisotopic (exact) mass is 265 g/mol. The van der Waals surface area contributed by atoms with Gasteiger partial charge >= 0.3 is 0 Å². The van der Waals surface area contributed by atoms with E-state index in [1.807, 2.05) is 31.2 Å². The van der Waals surface area contributed by atoms with Crippen LogP contribution in [0.15, 0.2) is 24.3 Å². The quantitative estimate of drug-likeness (QED) is 0.788. The summed E-state index contributed by atoms with van der Waals surface area (Å²) >= 11 is 7.30. The Kier molecular flexibility index (Phi) is 3.60. The van der Waals surface area contributed by atoms with Gasteiger partial charge in [-0.15, -0.1) is 11.3 Å². The summed E-state index contributed by atoms with van der Waals surface area (Å²) in [5, 5.41) is 1.70. The van der Waals surface area contributed by atoms with Crippen molar-refractivity contribution in [2.45, 2.75) is 20.3 Å². The van der Waals surface area contributed by atoms with Crippen molar-refractivity contribution in [3.8, 4) is 0 Å². The van der Waals surface area contributed by atoms with Crippen molar-refractivity contribution < 1.29 is 4.79 Å². The van der Waals surface area contributed by atoms with Crippen molar-refractivity contribution in [3.63, 3.8) is 0 Å². The molecule has 2 aromatic rings. The van der Waals surface area contributed by atoms with Gasteiger partial charge in [0.25, 0.3) is 0 Å². The highest BCUT2D eigenvalue weighted by molar-refractivity contribution is 7.13.